The Hall–Kier alpha value is -3.00. The lowest BCUT2D eigenvalue weighted by molar-refractivity contribution is -0.113. The van der Waals surface area contributed by atoms with E-state index in [2.05, 4.69) is 15.5 Å². The summed E-state index contributed by atoms with van der Waals surface area (Å²) in [6.45, 7) is 3.03. The molecule has 0 saturated carbocycles. The quantitative estimate of drug-likeness (QED) is 0.674. The van der Waals surface area contributed by atoms with E-state index in [1.54, 1.807) is 0 Å². The summed E-state index contributed by atoms with van der Waals surface area (Å²) in [7, 11) is 0. The molecule has 0 bridgehead atoms. The Morgan fingerprint density at radius 1 is 1.15 bits per heavy atom. The van der Waals surface area contributed by atoms with Crippen molar-refractivity contribution in [3.63, 3.8) is 0 Å². The first kappa shape index (κ1) is 17.4. The van der Waals surface area contributed by atoms with Crippen molar-refractivity contribution >= 4 is 23.4 Å². The normalized spacial score (nSPS) is 12.6. The molecule has 27 heavy (non-hydrogen) atoms. The molecule has 0 spiro atoms. The zero-order chi connectivity index (χ0) is 18.6. The van der Waals surface area contributed by atoms with Gasteiger partial charge in [0.25, 0.3) is 0 Å². The molecule has 1 aromatic heterocycles. The van der Waals surface area contributed by atoms with Crippen molar-refractivity contribution in [1.82, 2.24) is 10.2 Å². The van der Waals surface area contributed by atoms with Crippen LogP contribution in [-0.2, 0) is 4.79 Å². The number of hydrogen-bond acceptors (Lipinski definition) is 7. The highest BCUT2D eigenvalue weighted by atomic mass is 32.2. The molecule has 2 aromatic carbocycles. The first-order valence-corrected chi connectivity index (χ1v) is 9.37. The maximum Gasteiger partial charge on any atom is 0.247 e. The molecule has 0 radical (unpaired) electrons. The summed E-state index contributed by atoms with van der Waals surface area (Å²) in [5, 5.41) is 10.5. The van der Waals surface area contributed by atoms with Gasteiger partial charge in [0.1, 0.15) is 13.2 Å². The maximum atomic E-state index is 12.4. The highest BCUT2D eigenvalue weighted by Crippen LogP contribution is 2.34. The van der Waals surface area contributed by atoms with Crippen LogP contribution in [0.15, 0.2) is 52.1 Å². The summed E-state index contributed by atoms with van der Waals surface area (Å²) in [5.41, 5.74) is 2.43. The van der Waals surface area contributed by atoms with Crippen molar-refractivity contribution in [2.45, 2.75) is 11.8 Å². The van der Waals surface area contributed by atoms with E-state index in [1.165, 1.54) is 18.2 Å². The number of ether oxygens (including phenoxy) is 2. The predicted molar refractivity (Wildman–Crippen MR) is 101 cm³/mol. The second-order valence-corrected chi connectivity index (χ2v) is 6.96. The number of fused-ring (bicyclic) bond motifs is 1. The first-order chi connectivity index (χ1) is 13.2. The van der Waals surface area contributed by atoms with Crippen molar-refractivity contribution < 1.29 is 18.7 Å². The molecule has 0 saturated heterocycles. The molecule has 138 valence electrons. The minimum absolute atomic E-state index is 0.0966. The van der Waals surface area contributed by atoms with Crippen molar-refractivity contribution in [3.8, 4) is 23.0 Å². The van der Waals surface area contributed by atoms with Gasteiger partial charge in [-0.3, -0.25) is 4.79 Å². The molecular formula is C19H17N3O4S. The number of thioether (sulfide) groups is 1. The Kier molecular flexibility index (Phi) is 4.97. The van der Waals surface area contributed by atoms with Gasteiger partial charge in [-0.15, -0.1) is 22.0 Å². The third-order valence-corrected chi connectivity index (χ3v) is 5.00. The van der Waals surface area contributed by atoms with E-state index in [9.17, 15) is 4.79 Å². The molecule has 2 heterocycles. The van der Waals surface area contributed by atoms with E-state index < -0.39 is 0 Å². The topological polar surface area (TPSA) is 86.5 Å². The summed E-state index contributed by atoms with van der Waals surface area (Å²) in [5.74, 6) is 2.05. The highest BCUT2D eigenvalue weighted by Gasteiger charge is 2.13. The number of nitrogens with zero attached hydrogens (tertiary/aromatic N) is 2. The van der Waals surface area contributed by atoms with Crippen LogP contribution in [0, 0.1) is 6.92 Å². The third kappa shape index (κ3) is 4.06. The van der Waals surface area contributed by atoms with Crippen LogP contribution < -0.4 is 14.8 Å². The fourth-order valence-electron chi connectivity index (χ4n) is 2.64. The predicted octanol–water partition coefficient (Wildman–Crippen LogP) is 3.55. The largest absolute Gasteiger partial charge is 0.486 e. The number of aryl methyl sites for hydroxylation is 1. The molecule has 0 aliphatic carbocycles. The molecule has 0 unspecified atom stereocenters. The number of hydrogen-bond donors (Lipinski definition) is 1. The lowest BCUT2D eigenvalue weighted by Gasteiger charge is -2.18. The van der Waals surface area contributed by atoms with Crippen LogP contribution >= 0.6 is 11.8 Å². The first-order valence-electron chi connectivity index (χ1n) is 8.38. The standard InChI is InChI=1S/C19H17N3O4S/c1-12-2-3-13(19-22-20-11-26-19)8-15(12)21-18(23)10-27-14-4-5-16-17(9-14)25-7-6-24-16/h2-5,8-9,11H,6-7,10H2,1H3,(H,21,23). The Morgan fingerprint density at radius 2 is 2.00 bits per heavy atom. The van der Waals surface area contributed by atoms with E-state index in [0.717, 1.165) is 33.2 Å². The number of carbonyl (C=O) groups excluding carboxylic acids is 1. The molecule has 7 nitrogen and oxygen atoms in total. The van der Waals surface area contributed by atoms with Gasteiger partial charge in [0.15, 0.2) is 11.5 Å². The lowest BCUT2D eigenvalue weighted by atomic mass is 10.1. The number of carbonyl (C=O) groups is 1. The molecule has 4 rings (SSSR count). The second kappa shape index (κ2) is 7.71. The molecule has 1 amide bonds. The monoisotopic (exact) mass is 383 g/mol. The average Bonchev–Trinajstić information content (AvgIpc) is 3.23. The average molecular weight is 383 g/mol. The van der Waals surface area contributed by atoms with Gasteiger partial charge < -0.3 is 19.2 Å². The molecular weight excluding hydrogens is 366 g/mol. The van der Waals surface area contributed by atoms with E-state index >= 15 is 0 Å². The molecule has 3 aromatic rings. The number of anilines is 1. The lowest BCUT2D eigenvalue weighted by Crippen LogP contribution is -2.16. The van der Waals surface area contributed by atoms with Crippen molar-refractivity contribution in [2.24, 2.45) is 0 Å². The summed E-state index contributed by atoms with van der Waals surface area (Å²) in [4.78, 5) is 13.3. The van der Waals surface area contributed by atoms with E-state index in [-0.39, 0.29) is 11.7 Å². The number of rotatable bonds is 5. The van der Waals surface area contributed by atoms with E-state index in [1.807, 2.05) is 43.3 Å². The SMILES string of the molecule is Cc1ccc(-c2nnco2)cc1NC(=O)CSc1ccc2c(c1)OCCO2. The maximum absolute atomic E-state index is 12.4. The van der Waals surface area contributed by atoms with Gasteiger partial charge in [0.2, 0.25) is 18.2 Å². The number of nitrogens with one attached hydrogen (secondary N) is 1. The van der Waals surface area contributed by atoms with Crippen LogP contribution in [-0.4, -0.2) is 35.1 Å². The van der Waals surface area contributed by atoms with Crippen LogP contribution in [0.2, 0.25) is 0 Å². The zero-order valence-electron chi connectivity index (χ0n) is 14.6. The number of aromatic nitrogens is 2. The zero-order valence-corrected chi connectivity index (χ0v) is 15.4. The van der Waals surface area contributed by atoms with Gasteiger partial charge in [0, 0.05) is 16.1 Å². The second-order valence-electron chi connectivity index (χ2n) is 5.92. The van der Waals surface area contributed by atoms with Crippen LogP contribution in [0.4, 0.5) is 5.69 Å². The van der Waals surface area contributed by atoms with Gasteiger partial charge in [0.05, 0.1) is 5.75 Å². The van der Waals surface area contributed by atoms with Crippen LogP contribution in [0.1, 0.15) is 5.56 Å². The summed E-state index contributed by atoms with van der Waals surface area (Å²) in [6.07, 6.45) is 1.28. The van der Waals surface area contributed by atoms with Crippen molar-refractivity contribution in [3.05, 3.63) is 48.4 Å². The Bertz CT molecular complexity index is 960. The summed E-state index contributed by atoms with van der Waals surface area (Å²) in [6, 6.07) is 11.3. The third-order valence-electron chi connectivity index (χ3n) is 4.00. The number of amides is 1. The molecule has 1 N–H and O–H groups in total. The molecule has 0 fully saturated rings. The Labute approximate surface area is 160 Å². The van der Waals surface area contributed by atoms with Crippen LogP contribution in [0.25, 0.3) is 11.5 Å². The molecule has 1 aliphatic rings. The van der Waals surface area contributed by atoms with Gasteiger partial charge in [-0.25, -0.2) is 0 Å². The summed E-state index contributed by atoms with van der Waals surface area (Å²) >= 11 is 1.44. The van der Waals surface area contributed by atoms with Gasteiger partial charge in [-0.05, 0) is 42.8 Å². The summed E-state index contributed by atoms with van der Waals surface area (Å²) < 4.78 is 16.3. The van der Waals surface area contributed by atoms with Crippen LogP contribution in [0.3, 0.4) is 0 Å². The van der Waals surface area contributed by atoms with Crippen molar-refractivity contribution in [2.75, 3.05) is 24.3 Å². The fraction of sp³-hybridized carbons (Fsp3) is 0.211. The van der Waals surface area contributed by atoms with Gasteiger partial charge in [-0.2, -0.15) is 0 Å². The van der Waals surface area contributed by atoms with E-state index in [4.69, 9.17) is 13.9 Å². The minimum Gasteiger partial charge on any atom is -0.486 e. The highest BCUT2D eigenvalue weighted by molar-refractivity contribution is 8.00. The van der Waals surface area contributed by atoms with Gasteiger partial charge in [-0.1, -0.05) is 6.07 Å². The Balaban J connectivity index is 1.40. The molecule has 8 heteroatoms. The number of benzene rings is 2. The fourth-order valence-corrected chi connectivity index (χ4v) is 3.36. The van der Waals surface area contributed by atoms with Crippen molar-refractivity contribution in [1.29, 1.82) is 0 Å². The smallest absolute Gasteiger partial charge is 0.247 e. The van der Waals surface area contributed by atoms with Gasteiger partial charge >= 0.3 is 0 Å². The Morgan fingerprint density at radius 3 is 2.81 bits per heavy atom. The van der Waals surface area contributed by atoms with E-state index in [0.29, 0.717) is 19.1 Å². The minimum atomic E-state index is -0.0966. The molecule has 1 aliphatic heterocycles. The van der Waals surface area contributed by atoms with Crippen LogP contribution in [0.5, 0.6) is 11.5 Å². The molecule has 0 atom stereocenters.